The number of nitrogens with one attached hydrogen (secondary N) is 2. The van der Waals surface area contributed by atoms with Gasteiger partial charge in [-0.25, -0.2) is 0 Å². The number of benzene rings is 1. The summed E-state index contributed by atoms with van der Waals surface area (Å²) in [4.78, 5) is 15.2. The summed E-state index contributed by atoms with van der Waals surface area (Å²) in [6.45, 7) is 2.76. The number of piperidine rings is 1. The minimum absolute atomic E-state index is 0. The van der Waals surface area contributed by atoms with Gasteiger partial charge in [-0.15, -0.1) is 12.4 Å². The number of carbonyl (C=O) groups excluding carboxylic acids is 1. The number of amides is 1. The van der Waals surface area contributed by atoms with Crippen molar-refractivity contribution in [3.05, 3.63) is 36.1 Å². The Balaban J connectivity index is 0.00000253. The molecule has 1 saturated heterocycles. The minimum atomic E-state index is -0.142. The van der Waals surface area contributed by atoms with Gasteiger partial charge in [0.25, 0.3) is 11.8 Å². The highest BCUT2D eigenvalue weighted by Crippen LogP contribution is 2.53. The molecular weight excluding hydrogens is 482 g/mol. The molecule has 0 radical (unpaired) electrons. The molecule has 4 bridgehead atoms. The number of nitrogens with zero attached hydrogens (tertiary/aromatic N) is 1. The zero-order valence-corrected chi connectivity index (χ0v) is 21.8. The van der Waals surface area contributed by atoms with E-state index in [1.807, 2.05) is 30.3 Å². The number of hydrogen-bond donors (Lipinski definition) is 2. The molecule has 4 saturated carbocycles. The predicted molar refractivity (Wildman–Crippen MR) is 138 cm³/mol. The fourth-order valence-corrected chi connectivity index (χ4v) is 8.01. The summed E-state index contributed by atoms with van der Waals surface area (Å²) in [7, 11) is 0. The van der Waals surface area contributed by atoms with Gasteiger partial charge >= 0.3 is 0 Å². The Bertz CT molecular complexity index is 967. The van der Waals surface area contributed by atoms with Gasteiger partial charge in [0.05, 0.1) is 6.61 Å². The van der Waals surface area contributed by atoms with E-state index in [2.05, 4.69) is 15.8 Å². The molecule has 2 N–H and O–H groups in total. The van der Waals surface area contributed by atoms with E-state index in [1.165, 1.54) is 56.7 Å². The molecule has 6 nitrogen and oxygen atoms in total. The average Bonchev–Trinajstić information content (AvgIpc) is 3.24. The number of hydrogen-bond acceptors (Lipinski definition) is 6. The highest BCUT2D eigenvalue weighted by atomic mass is 35.5. The van der Waals surface area contributed by atoms with E-state index in [0.717, 1.165) is 36.2 Å². The third-order valence-electron chi connectivity index (χ3n) is 8.54. The molecule has 1 aliphatic heterocycles. The van der Waals surface area contributed by atoms with Crippen LogP contribution in [-0.2, 0) is 0 Å². The Morgan fingerprint density at radius 1 is 1.06 bits per heavy atom. The summed E-state index contributed by atoms with van der Waals surface area (Å²) in [5.41, 5.74) is 0. The number of ether oxygens (including phenoxy) is 1. The van der Waals surface area contributed by atoms with Gasteiger partial charge in [-0.3, -0.25) is 4.79 Å². The summed E-state index contributed by atoms with van der Waals surface area (Å²) in [6.07, 6.45) is 9.86. The van der Waals surface area contributed by atoms with Crippen molar-refractivity contribution in [3.63, 3.8) is 0 Å². The maximum Gasteiger partial charge on any atom is 0.291 e. The van der Waals surface area contributed by atoms with Crippen LogP contribution in [0.15, 0.2) is 44.6 Å². The molecule has 0 unspecified atom stereocenters. The van der Waals surface area contributed by atoms with Gasteiger partial charge in [0, 0.05) is 10.9 Å². The SMILES string of the molecule is Cl.O=C(NC1C2CC3CC(C2)CC1C3)c1onc(OCCC2CCNCC2)c1Sc1ccccc1. The standard InChI is InChI=1S/C27H35N3O3S.ClH/c31-26(29-23-20-13-18-12-19(15-20)16-21(23)14-18)24-25(34-22-4-2-1-3-5-22)27(30-33-24)32-11-8-17-6-9-28-10-7-17;/h1-5,17-21,23,28H,6-16H2,(H,29,31);1H. The van der Waals surface area contributed by atoms with Crippen molar-refractivity contribution in [2.24, 2.45) is 29.6 Å². The van der Waals surface area contributed by atoms with Crippen LogP contribution in [0.1, 0.15) is 61.9 Å². The number of halogens is 1. The Morgan fingerprint density at radius 2 is 1.74 bits per heavy atom. The highest BCUT2D eigenvalue weighted by molar-refractivity contribution is 7.99. The van der Waals surface area contributed by atoms with Crippen molar-refractivity contribution < 1.29 is 14.1 Å². The van der Waals surface area contributed by atoms with Crippen molar-refractivity contribution in [2.75, 3.05) is 19.7 Å². The highest BCUT2D eigenvalue weighted by Gasteiger charge is 2.49. The van der Waals surface area contributed by atoms with Gasteiger partial charge in [0.15, 0.2) is 0 Å². The first kappa shape index (κ1) is 25.0. The van der Waals surface area contributed by atoms with Crippen LogP contribution >= 0.6 is 24.2 Å². The smallest absolute Gasteiger partial charge is 0.291 e. The van der Waals surface area contributed by atoms with E-state index >= 15 is 0 Å². The van der Waals surface area contributed by atoms with Crippen LogP contribution in [0.5, 0.6) is 5.88 Å². The number of aromatic nitrogens is 1. The molecule has 1 amide bonds. The van der Waals surface area contributed by atoms with E-state index in [0.29, 0.717) is 40.9 Å². The summed E-state index contributed by atoms with van der Waals surface area (Å²) in [5, 5.41) is 11.0. The summed E-state index contributed by atoms with van der Waals surface area (Å²) in [6, 6.07) is 10.3. The zero-order valence-electron chi connectivity index (χ0n) is 20.1. The lowest BCUT2D eigenvalue weighted by Crippen LogP contribution is -2.55. The van der Waals surface area contributed by atoms with E-state index in [-0.39, 0.29) is 24.4 Å². The van der Waals surface area contributed by atoms with Gasteiger partial charge in [-0.1, -0.05) is 30.0 Å². The van der Waals surface area contributed by atoms with Crippen molar-refractivity contribution in [2.45, 2.75) is 67.2 Å². The molecule has 7 rings (SSSR count). The Kier molecular flexibility index (Phi) is 7.95. The third-order valence-corrected chi connectivity index (χ3v) is 9.61. The summed E-state index contributed by atoms with van der Waals surface area (Å²) >= 11 is 1.50. The second-order valence-electron chi connectivity index (χ2n) is 10.8. The van der Waals surface area contributed by atoms with E-state index in [9.17, 15) is 4.79 Å². The third kappa shape index (κ3) is 5.52. The van der Waals surface area contributed by atoms with E-state index in [4.69, 9.17) is 9.26 Å². The van der Waals surface area contributed by atoms with Crippen LogP contribution in [0.25, 0.3) is 0 Å². The van der Waals surface area contributed by atoms with Gasteiger partial charge < -0.3 is 19.9 Å². The fourth-order valence-electron chi connectivity index (χ4n) is 7.07. The van der Waals surface area contributed by atoms with Gasteiger partial charge in [-0.2, -0.15) is 0 Å². The van der Waals surface area contributed by atoms with Crippen LogP contribution in [-0.4, -0.2) is 36.8 Å². The quantitative estimate of drug-likeness (QED) is 0.476. The summed E-state index contributed by atoms with van der Waals surface area (Å²) < 4.78 is 11.7. The average molecular weight is 518 g/mol. The molecule has 1 aromatic heterocycles. The molecule has 190 valence electrons. The molecule has 0 spiro atoms. The largest absolute Gasteiger partial charge is 0.475 e. The fraction of sp³-hybridized carbons (Fsp3) is 0.630. The maximum absolute atomic E-state index is 13.5. The number of carbonyl (C=O) groups is 1. The van der Waals surface area contributed by atoms with Crippen molar-refractivity contribution in [1.29, 1.82) is 0 Å². The first-order valence-corrected chi connectivity index (χ1v) is 13.9. The summed E-state index contributed by atoms with van der Waals surface area (Å²) in [5.74, 6) is 4.27. The molecule has 1 aromatic carbocycles. The number of rotatable bonds is 8. The Hall–Kier alpha value is -1.70. The molecule has 2 heterocycles. The van der Waals surface area contributed by atoms with Gasteiger partial charge in [0.1, 0.15) is 4.90 Å². The topological polar surface area (TPSA) is 76.4 Å². The first-order valence-electron chi connectivity index (χ1n) is 13.1. The molecule has 5 fully saturated rings. The lowest BCUT2D eigenvalue weighted by Gasteiger charge is -2.54. The van der Waals surface area contributed by atoms with Crippen LogP contribution in [0.2, 0.25) is 0 Å². The normalized spacial score (nSPS) is 29.5. The van der Waals surface area contributed by atoms with Crippen LogP contribution in [0, 0.1) is 29.6 Å². The van der Waals surface area contributed by atoms with Crippen molar-refractivity contribution >= 4 is 30.1 Å². The van der Waals surface area contributed by atoms with Crippen LogP contribution in [0.4, 0.5) is 0 Å². The Morgan fingerprint density at radius 3 is 2.43 bits per heavy atom. The lowest BCUT2D eigenvalue weighted by molar-refractivity contribution is -0.0124. The second-order valence-corrected chi connectivity index (χ2v) is 11.9. The van der Waals surface area contributed by atoms with Crippen molar-refractivity contribution in [3.8, 4) is 5.88 Å². The predicted octanol–water partition coefficient (Wildman–Crippen LogP) is 5.57. The Labute approximate surface area is 218 Å². The van der Waals surface area contributed by atoms with Crippen molar-refractivity contribution in [1.82, 2.24) is 15.8 Å². The van der Waals surface area contributed by atoms with Gasteiger partial charge in [0.2, 0.25) is 5.76 Å². The maximum atomic E-state index is 13.5. The van der Waals surface area contributed by atoms with E-state index in [1.54, 1.807) is 0 Å². The van der Waals surface area contributed by atoms with Gasteiger partial charge in [-0.05, 0) is 111 Å². The van der Waals surface area contributed by atoms with E-state index < -0.39 is 0 Å². The zero-order chi connectivity index (χ0) is 22.9. The second kappa shape index (κ2) is 11.1. The minimum Gasteiger partial charge on any atom is -0.475 e. The first-order chi connectivity index (χ1) is 16.7. The molecule has 0 atom stereocenters. The molecule has 2 aromatic rings. The van der Waals surface area contributed by atoms with Crippen LogP contribution in [0.3, 0.4) is 0 Å². The molecular formula is C27H36ClN3O3S. The molecule has 8 heteroatoms. The van der Waals surface area contributed by atoms with Crippen LogP contribution < -0.4 is 15.4 Å². The molecule has 5 aliphatic rings. The molecule has 4 aliphatic carbocycles. The monoisotopic (exact) mass is 517 g/mol. The lowest BCUT2D eigenvalue weighted by atomic mass is 9.54. The molecule has 35 heavy (non-hydrogen) atoms.